The molecule has 0 aliphatic carbocycles. The topological polar surface area (TPSA) is 113 Å². The standard InChI is InChI=1S/C24H31N3O6S2/c1-19-6-9-22(35(31,32)27-15-4-5-16-27)18-23(19)24(28)25-12-17-33-20-7-10-21(11-8-20)34(29,30)26-13-2-3-14-26/h6-11,18H,2-5,12-17H2,1H3,(H,25,28). The summed E-state index contributed by atoms with van der Waals surface area (Å²) in [4.78, 5) is 13.1. The Bertz CT molecular complexity index is 1260. The third-order valence-electron chi connectivity index (χ3n) is 6.34. The van der Waals surface area contributed by atoms with Gasteiger partial charge in [0.1, 0.15) is 12.4 Å². The van der Waals surface area contributed by atoms with Gasteiger partial charge in [-0.3, -0.25) is 4.79 Å². The van der Waals surface area contributed by atoms with Crippen molar-refractivity contribution >= 4 is 26.0 Å². The van der Waals surface area contributed by atoms with Gasteiger partial charge in [-0.25, -0.2) is 16.8 Å². The highest BCUT2D eigenvalue weighted by Gasteiger charge is 2.28. The van der Waals surface area contributed by atoms with E-state index in [1.165, 1.54) is 32.9 Å². The van der Waals surface area contributed by atoms with Crippen LogP contribution in [0, 0.1) is 6.92 Å². The molecule has 2 fully saturated rings. The summed E-state index contributed by atoms with van der Waals surface area (Å²) >= 11 is 0. The predicted octanol–water partition coefficient (Wildman–Crippen LogP) is 2.37. The first-order valence-corrected chi connectivity index (χ1v) is 14.7. The zero-order valence-electron chi connectivity index (χ0n) is 19.8. The molecule has 0 unspecified atom stereocenters. The van der Waals surface area contributed by atoms with Gasteiger partial charge in [0.25, 0.3) is 5.91 Å². The lowest BCUT2D eigenvalue weighted by Crippen LogP contribution is -2.30. The van der Waals surface area contributed by atoms with E-state index in [-0.39, 0.29) is 28.8 Å². The molecule has 0 radical (unpaired) electrons. The van der Waals surface area contributed by atoms with Gasteiger partial charge in [-0.1, -0.05) is 6.07 Å². The smallest absolute Gasteiger partial charge is 0.251 e. The average Bonchev–Trinajstić information content (AvgIpc) is 3.57. The molecule has 2 aliphatic rings. The molecule has 0 aromatic heterocycles. The van der Waals surface area contributed by atoms with Crippen molar-refractivity contribution < 1.29 is 26.4 Å². The molecule has 1 N–H and O–H groups in total. The molecule has 2 aromatic rings. The highest BCUT2D eigenvalue weighted by atomic mass is 32.2. The molecular weight excluding hydrogens is 490 g/mol. The third kappa shape index (κ3) is 5.69. The second-order valence-electron chi connectivity index (χ2n) is 8.77. The molecular formula is C24H31N3O6S2. The lowest BCUT2D eigenvalue weighted by atomic mass is 10.1. The molecule has 1 amide bonds. The van der Waals surface area contributed by atoms with Crippen LogP contribution in [0.25, 0.3) is 0 Å². The molecule has 0 bridgehead atoms. The van der Waals surface area contributed by atoms with Crippen molar-refractivity contribution in [1.82, 2.24) is 13.9 Å². The van der Waals surface area contributed by atoms with Crippen molar-refractivity contribution in [2.75, 3.05) is 39.3 Å². The monoisotopic (exact) mass is 521 g/mol. The summed E-state index contributed by atoms with van der Waals surface area (Å²) in [5.74, 6) is 0.117. The van der Waals surface area contributed by atoms with Gasteiger partial charge in [-0.15, -0.1) is 0 Å². The number of ether oxygens (including phenoxy) is 1. The lowest BCUT2D eigenvalue weighted by Gasteiger charge is -2.17. The first-order chi connectivity index (χ1) is 16.7. The molecule has 0 saturated carbocycles. The number of carbonyl (C=O) groups excluding carboxylic acids is 1. The first-order valence-electron chi connectivity index (χ1n) is 11.8. The van der Waals surface area contributed by atoms with Crippen LogP contribution in [0.1, 0.15) is 41.6 Å². The van der Waals surface area contributed by atoms with Crippen molar-refractivity contribution in [3.8, 4) is 5.75 Å². The number of aryl methyl sites for hydroxylation is 1. The fourth-order valence-electron chi connectivity index (χ4n) is 4.30. The van der Waals surface area contributed by atoms with Gasteiger partial charge in [0.15, 0.2) is 0 Å². The lowest BCUT2D eigenvalue weighted by molar-refractivity contribution is 0.0946. The van der Waals surface area contributed by atoms with Crippen LogP contribution in [-0.4, -0.2) is 70.7 Å². The molecule has 0 atom stereocenters. The molecule has 190 valence electrons. The molecule has 4 rings (SSSR count). The van der Waals surface area contributed by atoms with Crippen molar-refractivity contribution in [3.63, 3.8) is 0 Å². The van der Waals surface area contributed by atoms with E-state index in [2.05, 4.69) is 5.32 Å². The Labute approximate surface area is 207 Å². The summed E-state index contributed by atoms with van der Waals surface area (Å²) in [7, 11) is -7.08. The first kappa shape index (κ1) is 25.6. The van der Waals surface area contributed by atoms with E-state index < -0.39 is 20.0 Å². The highest BCUT2D eigenvalue weighted by Crippen LogP contribution is 2.24. The van der Waals surface area contributed by atoms with E-state index in [4.69, 9.17) is 4.74 Å². The fraction of sp³-hybridized carbons (Fsp3) is 0.458. The number of nitrogens with one attached hydrogen (secondary N) is 1. The number of carbonyl (C=O) groups is 1. The van der Waals surface area contributed by atoms with Gasteiger partial charge in [-0.2, -0.15) is 8.61 Å². The van der Waals surface area contributed by atoms with Crippen LogP contribution in [0.4, 0.5) is 0 Å². The van der Waals surface area contributed by atoms with Crippen LogP contribution in [0.15, 0.2) is 52.3 Å². The molecule has 9 nitrogen and oxygen atoms in total. The number of amides is 1. The zero-order chi connectivity index (χ0) is 25.1. The van der Waals surface area contributed by atoms with Crippen LogP contribution in [0.5, 0.6) is 5.75 Å². The Kier molecular flexibility index (Phi) is 7.80. The van der Waals surface area contributed by atoms with Crippen molar-refractivity contribution in [2.45, 2.75) is 42.4 Å². The summed E-state index contributed by atoms with van der Waals surface area (Å²) in [6, 6.07) is 10.9. The quantitative estimate of drug-likeness (QED) is 0.507. The van der Waals surface area contributed by atoms with Crippen molar-refractivity contribution in [2.24, 2.45) is 0 Å². The third-order valence-corrected chi connectivity index (χ3v) is 10.1. The summed E-state index contributed by atoms with van der Waals surface area (Å²) in [6.07, 6.45) is 3.44. The summed E-state index contributed by atoms with van der Waals surface area (Å²) in [5, 5.41) is 2.76. The number of rotatable bonds is 9. The summed E-state index contributed by atoms with van der Waals surface area (Å²) < 4.78 is 59.4. The van der Waals surface area contributed by atoms with Crippen LogP contribution < -0.4 is 10.1 Å². The Balaban J connectivity index is 1.32. The number of hydrogen-bond acceptors (Lipinski definition) is 6. The molecule has 11 heteroatoms. The van der Waals surface area contributed by atoms with E-state index in [0.717, 1.165) is 25.7 Å². The van der Waals surface area contributed by atoms with E-state index in [1.807, 2.05) is 0 Å². The van der Waals surface area contributed by atoms with Gasteiger partial charge in [0.2, 0.25) is 20.0 Å². The highest BCUT2D eigenvalue weighted by molar-refractivity contribution is 7.89. The van der Waals surface area contributed by atoms with E-state index in [9.17, 15) is 21.6 Å². The van der Waals surface area contributed by atoms with Gasteiger partial charge in [-0.05, 0) is 74.6 Å². The fourth-order valence-corrected chi connectivity index (χ4v) is 7.36. The molecule has 35 heavy (non-hydrogen) atoms. The van der Waals surface area contributed by atoms with E-state index in [0.29, 0.717) is 43.1 Å². The Hall–Kier alpha value is -2.47. The minimum Gasteiger partial charge on any atom is -0.492 e. The predicted molar refractivity (Wildman–Crippen MR) is 131 cm³/mol. The summed E-state index contributed by atoms with van der Waals surface area (Å²) in [6.45, 7) is 4.24. The largest absolute Gasteiger partial charge is 0.492 e. The Morgan fingerprint density at radius 1 is 0.829 bits per heavy atom. The van der Waals surface area contributed by atoms with Gasteiger partial charge in [0, 0.05) is 31.7 Å². The van der Waals surface area contributed by atoms with Gasteiger partial charge >= 0.3 is 0 Å². The summed E-state index contributed by atoms with van der Waals surface area (Å²) in [5.41, 5.74) is 0.986. The molecule has 0 spiro atoms. The maximum absolute atomic E-state index is 12.8. The van der Waals surface area contributed by atoms with Gasteiger partial charge < -0.3 is 10.1 Å². The molecule has 2 heterocycles. The van der Waals surface area contributed by atoms with Crippen LogP contribution in [-0.2, 0) is 20.0 Å². The SMILES string of the molecule is Cc1ccc(S(=O)(=O)N2CCCC2)cc1C(=O)NCCOc1ccc(S(=O)(=O)N2CCCC2)cc1. The number of nitrogens with zero attached hydrogens (tertiary/aromatic N) is 2. The van der Waals surface area contributed by atoms with Crippen LogP contribution in [0.3, 0.4) is 0 Å². The minimum atomic E-state index is -3.61. The maximum atomic E-state index is 12.8. The second kappa shape index (κ2) is 10.7. The van der Waals surface area contributed by atoms with Crippen molar-refractivity contribution in [1.29, 1.82) is 0 Å². The average molecular weight is 522 g/mol. The van der Waals surface area contributed by atoms with Crippen LogP contribution >= 0.6 is 0 Å². The second-order valence-corrected chi connectivity index (χ2v) is 12.7. The van der Waals surface area contributed by atoms with E-state index in [1.54, 1.807) is 25.1 Å². The molecule has 2 aliphatic heterocycles. The van der Waals surface area contributed by atoms with E-state index >= 15 is 0 Å². The number of hydrogen-bond donors (Lipinski definition) is 1. The maximum Gasteiger partial charge on any atom is 0.251 e. The number of sulfonamides is 2. The van der Waals surface area contributed by atoms with Crippen LogP contribution in [0.2, 0.25) is 0 Å². The Morgan fingerprint density at radius 3 is 1.91 bits per heavy atom. The Morgan fingerprint density at radius 2 is 1.34 bits per heavy atom. The molecule has 2 saturated heterocycles. The normalized spacial score (nSPS) is 17.5. The number of benzene rings is 2. The molecule has 2 aromatic carbocycles. The van der Waals surface area contributed by atoms with Crippen molar-refractivity contribution in [3.05, 3.63) is 53.6 Å². The zero-order valence-corrected chi connectivity index (χ0v) is 21.4. The minimum absolute atomic E-state index is 0.121. The van der Waals surface area contributed by atoms with Gasteiger partial charge in [0.05, 0.1) is 16.3 Å².